The topological polar surface area (TPSA) is 79.8 Å². The van der Waals surface area contributed by atoms with Crippen LogP contribution in [0.3, 0.4) is 0 Å². The fourth-order valence-electron chi connectivity index (χ4n) is 2.32. The summed E-state index contributed by atoms with van der Waals surface area (Å²) in [5, 5.41) is 6.67. The fourth-order valence-corrected chi connectivity index (χ4v) is 3.11. The normalized spacial score (nSPS) is 10.4. The zero-order valence-electron chi connectivity index (χ0n) is 13.4. The molecule has 1 aromatic carbocycles. The zero-order valence-corrected chi connectivity index (χ0v) is 14.2. The number of carbonyl (C=O) groups is 1. The minimum atomic E-state index is -0.194. The highest BCUT2D eigenvalue weighted by atomic mass is 32.1. The van der Waals surface area contributed by atoms with Crippen LogP contribution in [0.5, 0.6) is 0 Å². The molecule has 0 saturated carbocycles. The zero-order chi connectivity index (χ0) is 16.9. The molecule has 0 atom stereocenters. The van der Waals surface area contributed by atoms with E-state index in [4.69, 9.17) is 0 Å². The van der Waals surface area contributed by atoms with Gasteiger partial charge in [-0.05, 0) is 42.6 Å². The van der Waals surface area contributed by atoms with E-state index in [1.165, 1.54) is 11.5 Å². The molecule has 3 rings (SSSR count). The third-order valence-corrected chi connectivity index (χ3v) is 4.38. The van der Waals surface area contributed by atoms with Gasteiger partial charge in [-0.2, -0.15) is 4.37 Å². The van der Waals surface area contributed by atoms with Crippen LogP contribution < -0.4 is 10.6 Å². The maximum atomic E-state index is 12.7. The summed E-state index contributed by atoms with van der Waals surface area (Å²) in [5.74, 6) is 0.240. The number of nitrogens with zero attached hydrogens (tertiary/aromatic N) is 3. The van der Waals surface area contributed by atoms with Gasteiger partial charge in [-0.3, -0.25) is 4.79 Å². The van der Waals surface area contributed by atoms with E-state index >= 15 is 0 Å². The molecule has 24 heavy (non-hydrogen) atoms. The molecule has 0 unspecified atom stereocenters. The first-order valence-corrected chi connectivity index (χ1v) is 8.36. The van der Waals surface area contributed by atoms with E-state index in [9.17, 15) is 4.79 Å². The highest BCUT2D eigenvalue weighted by Crippen LogP contribution is 2.28. The largest absolute Gasteiger partial charge is 0.322 e. The van der Waals surface area contributed by atoms with Crippen molar-refractivity contribution in [3.8, 4) is 0 Å². The number of amides is 1. The van der Waals surface area contributed by atoms with Crippen molar-refractivity contribution in [2.24, 2.45) is 0 Å². The quantitative estimate of drug-likeness (QED) is 0.739. The molecule has 7 heteroatoms. The predicted octanol–water partition coefficient (Wildman–Crippen LogP) is 3.80. The summed E-state index contributed by atoms with van der Waals surface area (Å²) in [6.07, 6.45) is 4.13. The molecule has 2 heterocycles. The molecule has 2 N–H and O–H groups in total. The molecule has 0 fully saturated rings. The van der Waals surface area contributed by atoms with Gasteiger partial charge in [0.25, 0.3) is 5.91 Å². The Morgan fingerprint density at radius 1 is 1.17 bits per heavy atom. The summed E-state index contributed by atoms with van der Waals surface area (Å²) in [6.45, 7) is 3.87. The molecule has 0 aliphatic carbocycles. The van der Waals surface area contributed by atoms with Crippen LogP contribution in [-0.2, 0) is 6.42 Å². The SMILES string of the molecule is CCc1ccccc1NC(=O)c1c(C)nsc1Nc1ncccn1. The van der Waals surface area contributed by atoms with E-state index in [-0.39, 0.29) is 5.91 Å². The second-order valence-electron chi connectivity index (χ2n) is 5.13. The van der Waals surface area contributed by atoms with Crippen LogP contribution >= 0.6 is 11.5 Å². The lowest BCUT2D eigenvalue weighted by atomic mass is 10.1. The molecule has 0 radical (unpaired) electrons. The lowest BCUT2D eigenvalue weighted by Gasteiger charge is -2.10. The van der Waals surface area contributed by atoms with Crippen molar-refractivity contribution in [3.05, 3.63) is 59.5 Å². The van der Waals surface area contributed by atoms with E-state index < -0.39 is 0 Å². The number of aryl methyl sites for hydroxylation is 2. The van der Waals surface area contributed by atoms with Crippen LogP contribution in [0, 0.1) is 6.92 Å². The third kappa shape index (κ3) is 3.41. The molecule has 0 spiro atoms. The monoisotopic (exact) mass is 339 g/mol. The summed E-state index contributed by atoms with van der Waals surface area (Å²) < 4.78 is 4.28. The molecular weight excluding hydrogens is 322 g/mol. The van der Waals surface area contributed by atoms with Crippen molar-refractivity contribution >= 4 is 34.1 Å². The van der Waals surface area contributed by atoms with Gasteiger partial charge in [-0.15, -0.1) is 0 Å². The van der Waals surface area contributed by atoms with E-state index in [1.807, 2.05) is 31.2 Å². The number of benzene rings is 1. The molecule has 1 amide bonds. The van der Waals surface area contributed by atoms with Gasteiger partial charge in [0.05, 0.1) is 11.3 Å². The van der Waals surface area contributed by atoms with Crippen molar-refractivity contribution in [3.63, 3.8) is 0 Å². The maximum Gasteiger partial charge on any atom is 0.260 e. The first-order valence-electron chi connectivity index (χ1n) is 7.58. The van der Waals surface area contributed by atoms with Crippen molar-refractivity contribution in [2.75, 3.05) is 10.6 Å². The summed E-state index contributed by atoms with van der Waals surface area (Å²) in [4.78, 5) is 21.0. The van der Waals surface area contributed by atoms with Gasteiger partial charge in [0.1, 0.15) is 5.00 Å². The average molecular weight is 339 g/mol. The van der Waals surface area contributed by atoms with Gasteiger partial charge in [0.15, 0.2) is 0 Å². The smallest absolute Gasteiger partial charge is 0.260 e. The Morgan fingerprint density at radius 3 is 2.67 bits per heavy atom. The Kier molecular flexibility index (Phi) is 4.81. The van der Waals surface area contributed by atoms with E-state index in [2.05, 4.69) is 31.9 Å². The standard InChI is InChI=1S/C17H17N5OS/c1-3-12-7-4-5-8-13(12)20-15(23)14-11(2)22-24-16(14)21-17-18-9-6-10-19-17/h4-10H,3H2,1-2H3,(H,20,23)(H,18,19,21). The number of para-hydroxylation sites is 1. The second kappa shape index (κ2) is 7.18. The van der Waals surface area contributed by atoms with Crippen LogP contribution in [0.2, 0.25) is 0 Å². The molecule has 0 aliphatic rings. The number of hydrogen-bond donors (Lipinski definition) is 2. The van der Waals surface area contributed by atoms with Crippen molar-refractivity contribution in [1.82, 2.24) is 14.3 Å². The third-order valence-electron chi connectivity index (χ3n) is 3.53. The minimum Gasteiger partial charge on any atom is -0.322 e. The van der Waals surface area contributed by atoms with Crippen molar-refractivity contribution < 1.29 is 4.79 Å². The fraction of sp³-hybridized carbons (Fsp3) is 0.176. The Labute approximate surface area is 144 Å². The van der Waals surface area contributed by atoms with Crippen LogP contribution in [0.4, 0.5) is 16.6 Å². The highest BCUT2D eigenvalue weighted by molar-refractivity contribution is 7.10. The van der Waals surface area contributed by atoms with Gasteiger partial charge in [-0.1, -0.05) is 25.1 Å². The minimum absolute atomic E-state index is 0.194. The van der Waals surface area contributed by atoms with E-state index in [0.29, 0.717) is 22.2 Å². The predicted molar refractivity (Wildman–Crippen MR) is 95.9 cm³/mol. The van der Waals surface area contributed by atoms with Crippen molar-refractivity contribution in [1.29, 1.82) is 0 Å². The molecule has 0 saturated heterocycles. The van der Waals surface area contributed by atoms with Gasteiger partial charge >= 0.3 is 0 Å². The van der Waals surface area contributed by atoms with Crippen molar-refractivity contribution in [2.45, 2.75) is 20.3 Å². The summed E-state index contributed by atoms with van der Waals surface area (Å²) in [5.41, 5.74) is 3.09. The average Bonchev–Trinajstić information content (AvgIpc) is 2.96. The molecular formula is C17H17N5OS. The summed E-state index contributed by atoms with van der Waals surface area (Å²) >= 11 is 1.22. The molecule has 0 aliphatic heterocycles. The van der Waals surface area contributed by atoms with E-state index in [0.717, 1.165) is 17.7 Å². The maximum absolute atomic E-state index is 12.7. The number of aromatic nitrogens is 3. The number of carbonyl (C=O) groups excluding carboxylic acids is 1. The Bertz CT molecular complexity index is 847. The Balaban J connectivity index is 1.86. The second-order valence-corrected chi connectivity index (χ2v) is 5.91. The molecule has 0 bridgehead atoms. The number of anilines is 3. The number of nitrogens with one attached hydrogen (secondary N) is 2. The molecule has 2 aromatic heterocycles. The Hall–Kier alpha value is -2.80. The number of rotatable bonds is 5. The first-order chi connectivity index (χ1) is 11.7. The van der Waals surface area contributed by atoms with Gasteiger partial charge in [0.2, 0.25) is 5.95 Å². The van der Waals surface area contributed by atoms with Gasteiger partial charge in [0, 0.05) is 18.1 Å². The lowest BCUT2D eigenvalue weighted by molar-refractivity contribution is 0.102. The van der Waals surface area contributed by atoms with Gasteiger partial charge < -0.3 is 10.6 Å². The summed E-state index contributed by atoms with van der Waals surface area (Å²) in [6, 6.07) is 9.51. The summed E-state index contributed by atoms with van der Waals surface area (Å²) in [7, 11) is 0. The number of hydrogen-bond acceptors (Lipinski definition) is 6. The van der Waals surface area contributed by atoms with Crippen LogP contribution in [0.15, 0.2) is 42.7 Å². The van der Waals surface area contributed by atoms with Crippen LogP contribution in [0.25, 0.3) is 0 Å². The lowest BCUT2D eigenvalue weighted by Crippen LogP contribution is -2.15. The molecule has 6 nitrogen and oxygen atoms in total. The molecule has 3 aromatic rings. The van der Waals surface area contributed by atoms with Crippen LogP contribution in [-0.4, -0.2) is 20.2 Å². The van der Waals surface area contributed by atoms with Gasteiger partial charge in [-0.25, -0.2) is 9.97 Å². The van der Waals surface area contributed by atoms with E-state index in [1.54, 1.807) is 18.5 Å². The molecule has 122 valence electrons. The van der Waals surface area contributed by atoms with Crippen LogP contribution in [0.1, 0.15) is 28.5 Å². The Morgan fingerprint density at radius 2 is 1.92 bits per heavy atom. The first kappa shape index (κ1) is 16.1. The highest BCUT2D eigenvalue weighted by Gasteiger charge is 2.20.